The van der Waals surface area contributed by atoms with Gasteiger partial charge in [-0.05, 0) is 6.92 Å². The van der Waals surface area contributed by atoms with Crippen molar-refractivity contribution in [1.82, 2.24) is 5.32 Å². The first-order chi connectivity index (χ1) is 7.30. The number of rotatable bonds is 5. The van der Waals surface area contributed by atoms with Crippen molar-refractivity contribution in [2.75, 3.05) is 20.8 Å². The van der Waals surface area contributed by atoms with Gasteiger partial charge in [0.2, 0.25) is 0 Å². The van der Waals surface area contributed by atoms with E-state index in [-0.39, 0.29) is 0 Å². The molecule has 0 heterocycles. The van der Waals surface area contributed by atoms with Gasteiger partial charge in [-0.15, -0.1) is 0 Å². The minimum Gasteiger partial charge on any atom is -0.440 e. The van der Waals surface area contributed by atoms with Gasteiger partial charge in [-0.2, -0.15) is 13.2 Å². The van der Waals surface area contributed by atoms with E-state index >= 15 is 0 Å². The number of amides is 1. The molecule has 0 aromatic carbocycles. The zero-order chi connectivity index (χ0) is 12.8. The summed E-state index contributed by atoms with van der Waals surface area (Å²) in [6.45, 7) is -0.122. The van der Waals surface area contributed by atoms with E-state index in [1.165, 1.54) is 21.1 Å². The van der Waals surface area contributed by atoms with Gasteiger partial charge in [-0.25, -0.2) is 4.79 Å². The summed E-state index contributed by atoms with van der Waals surface area (Å²) in [7, 11) is 2.68. The summed E-state index contributed by atoms with van der Waals surface area (Å²) in [5.74, 6) is 0. The Hall–Kier alpha value is -1.02. The van der Waals surface area contributed by atoms with Gasteiger partial charge in [-0.3, -0.25) is 0 Å². The molecular weight excluding hydrogens is 231 g/mol. The van der Waals surface area contributed by atoms with E-state index in [1.54, 1.807) is 0 Å². The van der Waals surface area contributed by atoms with Crippen LogP contribution in [0.25, 0.3) is 0 Å². The Bertz CT molecular complexity index is 218. The second kappa shape index (κ2) is 6.54. The predicted octanol–water partition coefficient (Wildman–Crippen LogP) is 1.28. The molecule has 1 amide bonds. The fourth-order valence-corrected chi connectivity index (χ4v) is 0.947. The van der Waals surface area contributed by atoms with Gasteiger partial charge in [0, 0.05) is 14.2 Å². The normalized spacial score (nSPS) is 13.7. The molecule has 96 valence electrons. The molecule has 0 bridgehead atoms. The van der Waals surface area contributed by atoms with E-state index in [0.717, 1.165) is 0 Å². The van der Waals surface area contributed by atoms with E-state index in [4.69, 9.17) is 9.47 Å². The smallest absolute Gasteiger partial charge is 0.422 e. The molecule has 0 aliphatic rings. The molecule has 0 aromatic rings. The van der Waals surface area contributed by atoms with Crippen LogP contribution in [0.15, 0.2) is 0 Å². The molecule has 0 fully saturated rings. The van der Waals surface area contributed by atoms with E-state index in [2.05, 4.69) is 10.1 Å². The van der Waals surface area contributed by atoms with Crippen molar-refractivity contribution in [2.24, 2.45) is 0 Å². The molecule has 0 spiro atoms. The minimum absolute atomic E-state index is 0.629. The van der Waals surface area contributed by atoms with Gasteiger partial charge in [0.25, 0.3) is 0 Å². The molecular formula is C8H14F3NO4. The number of ether oxygens (including phenoxy) is 3. The van der Waals surface area contributed by atoms with Gasteiger partial charge < -0.3 is 19.5 Å². The fourth-order valence-electron chi connectivity index (χ4n) is 0.947. The molecule has 0 saturated carbocycles. The van der Waals surface area contributed by atoms with E-state index in [1.807, 2.05) is 0 Å². The van der Waals surface area contributed by atoms with E-state index in [0.29, 0.717) is 0 Å². The Morgan fingerprint density at radius 1 is 1.31 bits per heavy atom. The first-order valence-electron chi connectivity index (χ1n) is 4.35. The number of nitrogens with one attached hydrogen (secondary N) is 1. The fraction of sp³-hybridized carbons (Fsp3) is 0.875. The summed E-state index contributed by atoms with van der Waals surface area (Å²) in [4.78, 5) is 10.9. The van der Waals surface area contributed by atoms with Crippen LogP contribution in [0.4, 0.5) is 18.0 Å². The van der Waals surface area contributed by atoms with Gasteiger partial charge >= 0.3 is 12.3 Å². The summed E-state index contributed by atoms with van der Waals surface area (Å²) in [6, 6.07) is -0.629. The predicted molar refractivity (Wildman–Crippen MR) is 47.8 cm³/mol. The molecule has 0 radical (unpaired) electrons. The molecule has 1 unspecified atom stereocenters. The van der Waals surface area contributed by atoms with Crippen LogP contribution in [0.2, 0.25) is 0 Å². The summed E-state index contributed by atoms with van der Waals surface area (Å²) in [5, 5.41) is 2.14. The lowest BCUT2D eigenvalue weighted by Gasteiger charge is -2.21. The zero-order valence-electron chi connectivity index (χ0n) is 9.13. The van der Waals surface area contributed by atoms with Crippen molar-refractivity contribution in [1.29, 1.82) is 0 Å². The first kappa shape index (κ1) is 15.0. The maximum atomic E-state index is 11.7. The Labute approximate surface area is 90.8 Å². The molecule has 0 aliphatic heterocycles. The van der Waals surface area contributed by atoms with Crippen molar-refractivity contribution in [3.8, 4) is 0 Å². The van der Waals surface area contributed by atoms with Gasteiger partial charge in [0.1, 0.15) is 0 Å². The zero-order valence-corrected chi connectivity index (χ0v) is 9.13. The third-order valence-electron chi connectivity index (χ3n) is 1.59. The number of carbonyl (C=O) groups is 1. The highest BCUT2D eigenvalue weighted by molar-refractivity contribution is 5.67. The maximum Gasteiger partial charge on any atom is 0.422 e. The number of alkyl carbamates (subject to hydrolysis) is 1. The third-order valence-corrected chi connectivity index (χ3v) is 1.59. The van der Waals surface area contributed by atoms with Crippen LogP contribution >= 0.6 is 0 Å². The second-order valence-corrected chi connectivity index (χ2v) is 2.96. The van der Waals surface area contributed by atoms with E-state index < -0.39 is 31.2 Å². The van der Waals surface area contributed by atoms with Crippen LogP contribution in [-0.4, -0.2) is 45.4 Å². The van der Waals surface area contributed by atoms with Crippen LogP contribution in [0.1, 0.15) is 6.92 Å². The summed E-state index contributed by atoms with van der Waals surface area (Å²) < 4.78 is 48.6. The Balaban J connectivity index is 3.95. The topological polar surface area (TPSA) is 56.8 Å². The summed E-state index contributed by atoms with van der Waals surface area (Å²) in [5.41, 5.74) is 0. The quantitative estimate of drug-likeness (QED) is 0.741. The largest absolute Gasteiger partial charge is 0.440 e. The molecule has 0 aliphatic carbocycles. The Morgan fingerprint density at radius 3 is 2.19 bits per heavy atom. The van der Waals surface area contributed by atoms with Crippen LogP contribution in [0.3, 0.4) is 0 Å². The van der Waals surface area contributed by atoms with Crippen LogP contribution < -0.4 is 5.32 Å². The lowest BCUT2D eigenvalue weighted by atomic mass is 10.3. The first-order valence-corrected chi connectivity index (χ1v) is 4.35. The number of hydrogen-bond acceptors (Lipinski definition) is 4. The van der Waals surface area contributed by atoms with Crippen LogP contribution in [0, 0.1) is 0 Å². The average molecular weight is 245 g/mol. The van der Waals surface area contributed by atoms with Gasteiger partial charge in [-0.1, -0.05) is 0 Å². The number of hydrogen-bond donors (Lipinski definition) is 1. The summed E-state index contributed by atoms with van der Waals surface area (Å²) in [6.07, 6.45) is -6.47. The molecule has 5 nitrogen and oxygen atoms in total. The molecule has 0 aromatic heterocycles. The molecule has 16 heavy (non-hydrogen) atoms. The SMILES string of the molecule is COC(OC)C(C)NC(=O)OCC(F)(F)F. The van der Waals surface area contributed by atoms with Crippen molar-refractivity contribution in [3.05, 3.63) is 0 Å². The molecule has 0 rings (SSSR count). The Kier molecular flexibility index (Phi) is 6.12. The number of methoxy groups -OCH3 is 2. The van der Waals surface area contributed by atoms with Crippen LogP contribution in [0.5, 0.6) is 0 Å². The molecule has 8 heteroatoms. The lowest BCUT2D eigenvalue weighted by Crippen LogP contribution is -2.43. The highest BCUT2D eigenvalue weighted by Crippen LogP contribution is 2.14. The average Bonchev–Trinajstić information content (AvgIpc) is 2.15. The van der Waals surface area contributed by atoms with Crippen LogP contribution in [-0.2, 0) is 14.2 Å². The van der Waals surface area contributed by atoms with Crippen molar-refractivity contribution in [3.63, 3.8) is 0 Å². The number of halogens is 3. The lowest BCUT2D eigenvalue weighted by molar-refractivity contribution is -0.161. The standard InChI is InChI=1S/C8H14F3NO4/c1-5(6(14-2)15-3)12-7(13)16-4-8(9,10)11/h5-6H,4H2,1-3H3,(H,12,13). The third kappa shape index (κ3) is 6.46. The highest BCUT2D eigenvalue weighted by Gasteiger charge is 2.30. The number of alkyl halides is 3. The van der Waals surface area contributed by atoms with Crippen molar-refractivity contribution >= 4 is 6.09 Å². The second-order valence-electron chi connectivity index (χ2n) is 2.96. The van der Waals surface area contributed by atoms with Crippen molar-refractivity contribution in [2.45, 2.75) is 25.4 Å². The summed E-state index contributed by atoms with van der Waals surface area (Å²) >= 11 is 0. The molecule has 0 saturated heterocycles. The highest BCUT2D eigenvalue weighted by atomic mass is 19.4. The Morgan fingerprint density at radius 2 is 1.81 bits per heavy atom. The molecule has 1 N–H and O–H groups in total. The molecule has 1 atom stereocenters. The maximum absolute atomic E-state index is 11.7. The van der Waals surface area contributed by atoms with E-state index in [9.17, 15) is 18.0 Å². The monoisotopic (exact) mass is 245 g/mol. The minimum atomic E-state index is -4.54. The number of carbonyl (C=O) groups excluding carboxylic acids is 1. The van der Waals surface area contributed by atoms with Crippen molar-refractivity contribution < 1.29 is 32.2 Å². The van der Waals surface area contributed by atoms with Gasteiger partial charge in [0.05, 0.1) is 6.04 Å². The van der Waals surface area contributed by atoms with Gasteiger partial charge in [0.15, 0.2) is 12.9 Å².